The fourth-order valence-electron chi connectivity index (χ4n) is 2.51. The van der Waals surface area contributed by atoms with E-state index in [1.54, 1.807) is 4.57 Å². The third-order valence-electron chi connectivity index (χ3n) is 3.57. The zero-order valence-corrected chi connectivity index (χ0v) is 13.5. The van der Waals surface area contributed by atoms with E-state index in [4.69, 9.17) is 15.6 Å². The minimum atomic E-state index is -1.05. The Labute approximate surface area is 138 Å². The molecular formula is C16H19N3O5. The maximum atomic E-state index is 12.4. The number of ketones is 1. The molecule has 2 aromatic rings. The highest BCUT2D eigenvalue weighted by Crippen LogP contribution is 2.29. The molecule has 128 valence electrons. The van der Waals surface area contributed by atoms with E-state index >= 15 is 0 Å². The van der Waals surface area contributed by atoms with Crippen molar-refractivity contribution in [3.05, 3.63) is 23.5 Å². The molecule has 1 heterocycles. The highest BCUT2D eigenvalue weighted by Gasteiger charge is 2.21. The number of carboxylic acids is 1. The van der Waals surface area contributed by atoms with Crippen molar-refractivity contribution >= 4 is 28.7 Å². The Balaban J connectivity index is 2.62. The number of rotatable bonds is 8. The molecule has 1 aromatic carbocycles. The molecule has 0 aliphatic carbocycles. The third-order valence-corrected chi connectivity index (χ3v) is 3.57. The molecule has 0 saturated heterocycles. The summed E-state index contributed by atoms with van der Waals surface area (Å²) < 4.78 is 7.02. The van der Waals surface area contributed by atoms with Gasteiger partial charge in [0.25, 0.3) is 0 Å². The quantitative estimate of drug-likeness (QED) is 0.707. The van der Waals surface area contributed by atoms with Crippen molar-refractivity contribution in [2.45, 2.75) is 32.7 Å². The summed E-state index contributed by atoms with van der Waals surface area (Å²) in [5, 5.41) is 8.75. The Kier molecular flexibility index (Phi) is 5.18. The lowest BCUT2D eigenvalue weighted by atomic mass is 10.1. The summed E-state index contributed by atoms with van der Waals surface area (Å²) in [5.41, 5.74) is 6.54. The molecule has 0 saturated carbocycles. The highest BCUT2D eigenvalue weighted by molar-refractivity contribution is 6.02. The van der Waals surface area contributed by atoms with Gasteiger partial charge >= 0.3 is 5.97 Å². The van der Waals surface area contributed by atoms with Crippen molar-refractivity contribution in [2.24, 2.45) is 5.73 Å². The fraction of sp³-hybridized carbons (Fsp3) is 0.375. The average molecular weight is 333 g/mol. The maximum absolute atomic E-state index is 12.4. The molecule has 0 spiro atoms. The molecule has 0 aliphatic rings. The Morgan fingerprint density at radius 1 is 1.29 bits per heavy atom. The van der Waals surface area contributed by atoms with Gasteiger partial charge in [0.05, 0.1) is 19.0 Å². The number of nitrogens with two attached hydrogens (primary N) is 1. The number of aryl methyl sites for hydroxylation is 1. The Morgan fingerprint density at radius 3 is 2.54 bits per heavy atom. The largest absolute Gasteiger partial charge is 0.494 e. The highest BCUT2D eigenvalue weighted by atomic mass is 16.5. The number of fused-ring (bicyclic) bond motifs is 1. The number of Topliss-reactive ketones (excluding diaryl/α,β-unsaturated/α-hetero) is 1. The molecule has 0 fully saturated rings. The normalized spacial score (nSPS) is 10.8. The number of aliphatic carboxylic acids is 1. The lowest BCUT2D eigenvalue weighted by Gasteiger charge is -2.10. The van der Waals surface area contributed by atoms with Gasteiger partial charge < -0.3 is 20.1 Å². The number of hydrogen-bond donors (Lipinski definition) is 2. The van der Waals surface area contributed by atoms with Gasteiger partial charge in [0.15, 0.2) is 11.6 Å². The SMILES string of the molecule is CCCn1c(C(=O)CCC(=O)O)nc2cc(C(N)=O)cc(OC)c21. The second-order valence-corrected chi connectivity index (χ2v) is 5.31. The number of nitrogens with zero attached hydrogens (tertiary/aromatic N) is 2. The number of aromatic nitrogens is 2. The molecule has 3 N–H and O–H groups in total. The third kappa shape index (κ3) is 3.37. The summed E-state index contributed by atoms with van der Waals surface area (Å²) >= 11 is 0. The standard InChI is InChI=1S/C16H19N3O5/c1-3-6-19-14-10(7-9(15(17)23)8-12(14)24-2)18-16(19)11(20)4-5-13(21)22/h7-8H,3-6H2,1-2H3,(H2,17,23)(H,21,22). The summed E-state index contributed by atoms with van der Waals surface area (Å²) in [5.74, 6) is -1.49. The van der Waals surface area contributed by atoms with Crippen LogP contribution in [0.15, 0.2) is 12.1 Å². The number of benzene rings is 1. The molecule has 1 amide bonds. The summed E-state index contributed by atoms with van der Waals surface area (Å²) in [6.45, 7) is 2.46. The van der Waals surface area contributed by atoms with E-state index in [0.717, 1.165) is 6.42 Å². The smallest absolute Gasteiger partial charge is 0.303 e. The van der Waals surface area contributed by atoms with Crippen LogP contribution < -0.4 is 10.5 Å². The first-order chi connectivity index (χ1) is 11.4. The van der Waals surface area contributed by atoms with Crippen LogP contribution in [0.2, 0.25) is 0 Å². The van der Waals surface area contributed by atoms with Crippen molar-refractivity contribution in [3.8, 4) is 5.75 Å². The number of carboxylic acid groups (broad SMARTS) is 1. The predicted octanol–water partition coefficient (Wildman–Crippen LogP) is 1.60. The van der Waals surface area contributed by atoms with E-state index in [9.17, 15) is 14.4 Å². The first-order valence-electron chi connectivity index (χ1n) is 7.52. The summed E-state index contributed by atoms with van der Waals surface area (Å²) in [4.78, 5) is 38.8. The van der Waals surface area contributed by atoms with Crippen LogP contribution in [-0.2, 0) is 11.3 Å². The molecule has 1 aromatic heterocycles. The van der Waals surface area contributed by atoms with E-state index in [1.807, 2.05) is 6.92 Å². The van der Waals surface area contributed by atoms with E-state index in [0.29, 0.717) is 23.3 Å². The summed E-state index contributed by atoms with van der Waals surface area (Å²) in [7, 11) is 1.45. The molecule has 0 atom stereocenters. The minimum absolute atomic E-state index is 0.145. The molecule has 24 heavy (non-hydrogen) atoms. The molecular weight excluding hydrogens is 314 g/mol. The van der Waals surface area contributed by atoms with Crippen molar-refractivity contribution < 1.29 is 24.2 Å². The number of amides is 1. The van der Waals surface area contributed by atoms with Crippen molar-refractivity contribution in [2.75, 3.05) is 7.11 Å². The molecule has 8 heteroatoms. The van der Waals surface area contributed by atoms with Gasteiger partial charge in [-0.2, -0.15) is 0 Å². The van der Waals surface area contributed by atoms with Crippen molar-refractivity contribution in [1.29, 1.82) is 0 Å². The first kappa shape index (κ1) is 17.5. The van der Waals surface area contributed by atoms with Crippen molar-refractivity contribution in [3.63, 3.8) is 0 Å². The first-order valence-corrected chi connectivity index (χ1v) is 7.52. The lowest BCUT2D eigenvalue weighted by molar-refractivity contribution is -0.136. The number of methoxy groups -OCH3 is 1. The van der Waals surface area contributed by atoms with E-state index in [2.05, 4.69) is 4.98 Å². The Morgan fingerprint density at radius 2 is 2.00 bits per heavy atom. The van der Waals surface area contributed by atoms with Gasteiger partial charge in [-0.15, -0.1) is 0 Å². The minimum Gasteiger partial charge on any atom is -0.494 e. The number of carbonyl (C=O) groups is 3. The van der Waals surface area contributed by atoms with Crippen LogP contribution in [0.5, 0.6) is 5.75 Å². The number of imidazole rings is 1. The van der Waals surface area contributed by atoms with Crippen LogP contribution in [0.3, 0.4) is 0 Å². The fourth-order valence-corrected chi connectivity index (χ4v) is 2.51. The van der Waals surface area contributed by atoms with Gasteiger partial charge in [0.1, 0.15) is 11.3 Å². The van der Waals surface area contributed by atoms with Crippen LogP contribution in [0, 0.1) is 0 Å². The van der Waals surface area contributed by atoms with Crippen LogP contribution in [0.25, 0.3) is 11.0 Å². The van der Waals surface area contributed by atoms with E-state index in [-0.39, 0.29) is 30.0 Å². The molecule has 0 aliphatic heterocycles. The van der Waals surface area contributed by atoms with Crippen LogP contribution >= 0.6 is 0 Å². The van der Waals surface area contributed by atoms with Gasteiger partial charge in [-0.3, -0.25) is 14.4 Å². The molecule has 0 bridgehead atoms. The van der Waals surface area contributed by atoms with Gasteiger partial charge in [-0.1, -0.05) is 6.92 Å². The monoisotopic (exact) mass is 333 g/mol. The molecule has 0 unspecified atom stereocenters. The van der Waals surface area contributed by atoms with Gasteiger partial charge in [-0.05, 0) is 18.6 Å². The number of primary amides is 1. The van der Waals surface area contributed by atoms with Crippen LogP contribution in [0.1, 0.15) is 47.2 Å². The predicted molar refractivity (Wildman–Crippen MR) is 86.3 cm³/mol. The van der Waals surface area contributed by atoms with Gasteiger partial charge in [0, 0.05) is 18.5 Å². The number of hydrogen-bond acceptors (Lipinski definition) is 5. The lowest BCUT2D eigenvalue weighted by Crippen LogP contribution is -2.12. The Bertz CT molecular complexity index is 810. The average Bonchev–Trinajstić information content (AvgIpc) is 2.90. The molecule has 2 rings (SSSR count). The zero-order chi connectivity index (χ0) is 17.9. The van der Waals surface area contributed by atoms with E-state index in [1.165, 1.54) is 19.2 Å². The topological polar surface area (TPSA) is 125 Å². The second kappa shape index (κ2) is 7.12. The zero-order valence-electron chi connectivity index (χ0n) is 13.5. The van der Waals surface area contributed by atoms with E-state index < -0.39 is 11.9 Å². The summed E-state index contributed by atoms with van der Waals surface area (Å²) in [6, 6.07) is 3.00. The Hall–Kier alpha value is -2.90. The van der Waals surface area contributed by atoms with Gasteiger partial charge in [0.2, 0.25) is 5.91 Å². The van der Waals surface area contributed by atoms with Crippen LogP contribution in [-0.4, -0.2) is 39.4 Å². The van der Waals surface area contributed by atoms with Crippen molar-refractivity contribution in [1.82, 2.24) is 9.55 Å². The summed E-state index contributed by atoms with van der Waals surface area (Å²) in [6.07, 6.45) is 0.330. The molecule has 0 radical (unpaired) electrons. The second-order valence-electron chi connectivity index (χ2n) is 5.31. The molecule has 8 nitrogen and oxygen atoms in total. The maximum Gasteiger partial charge on any atom is 0.303 e. The van der Waals surface area contributed by atoms with Crippen LogP contribution in [0.4, 0.5) is 0 Å². The number of carbonyl (C=O) groups excluding carboxylic acids is 2. The number of ether oxygens (including phenoxy) is 1. The van der Waals surface area contributed by atoms with Gasteiger partial charge in [-0.25, -0.2) is 4.98 Å².